The summed E-state index contributed by atoms with van der Waals surface area (Å²) in [5.74, 6) is 0. The van der Waals surface area contributed by atoms with Crippen LogP contribution in [0.4, 0.5) is 0 Å². The summed E-state index contributed by atoms with van der Waals surface area (Å²) < 4.78 is 0. The molecule has 0 spiro atoms. The lowest BCUT2D eigenvalue weighted by Gasteiger charge is -2.11. The number of rotatable bonds is 3. The quantitative estimate of drug-likeness (QED) is 0.783. The molecule has 0 radical (unpaired) electrons. The van der Waals surface area contributed by atoms with Gasteiger partial charge in [0.05, 0.1) is 17.1 Å². The van der Waals surface area contributed by atoms with Crippen molar-refractivity contribution >= 4 is 22.2 Å². The molecule has 0 aliphatic carbocycles. The van der Waals surface area contributed by atoms with Crippen LogP contribution in [0, 0.1) is 0 Å². The lowest BCUT2D eigenvalue weighted by molar-refractivity contribution is 0.180. The minimum atomic E-state index is -0.538. The van der Waals surface area contributed by atoms with Crippen molar-refractivity contribution in [3.63, 3.8) is 0 Å². The van der Waals surface area contributed by atoms with Crippen molar-refractivity contribution in [2.45, 2.75) is 12.5 Å². The van der Waals surface area contributed by atoms with Gasteiger partial charge in [0.25, 0.3) is 0 Å². The van der Waals surface area contributed by atoms with Crippen LogP contribution in [-0.4, -0.2) is 15.1 Å². The van der Waals surface area contributed by atoms with Gasteiger partial charge in [0.2, 0.25) is 0 Å². The number of hydrogen-bond acceptors (Lipinski definition) is 4. The number of aromatic nitrogens is 2. The van der Waals surface area contributed by atoms with Gasteiger partial charge in [0.1, 0.15) is 0 Å². The Morgan fingerprint density at radius 3 is 2.94 bits per heavy atom. The third-order valence-electron chi connectivity index (χ3n) is 2.90. The van der Waals surface area contributed by atoms with Gasteiger partial charge in [-0.05, 0) is 6.07 Å². The van der Waals surface area contributed by atoms with Crippen molar-refractivity contribution in [3.05, 3.63) is 58.7 Å². The molecule has 2 heterocycles. The second kappa shape index (κ2) is 4.84. The van der Waals surface area contributed by atoms with E-state index in [0.29, 0.717) is 6.42 Å². The van der Waals surface area contributed by atoms with Gasteiger partial charge in [-0.25, -0.2) is 0 Å². The first-order valence-corrected chi connectivity index (χ1v) is 6.61. The molecule has 0 fully saturated rings. The maximum Gasteiger partial charge on any atom is 0.0859 e. The molecule has 3 rings (SSSR count). The highest BCUT2D eigenvalue weighted by molar-refractivity contribution is 7.09. The second-order valence-electron chi connectivity index (χ2n) is 4.11. The Labute approximate surface area is 109 Å². The summed E-state index contributed by atoms with van der Waals surface area (Å²) in [7, 11) is 0. The zero-order valence-corrected chi connectivity index (χ0v) is 10.5. The van der Waals surface area contributed by atoms with E-state index in [2.05, 4.69) is 9.97 Å². The molecule has 3 nitrogen and oxygen atoms in total. The zero-order chi connectivity index (χ0) is 12.4. The van der Waals surface area contributed by atoms with E-state index in [9.17, 15) is 5.11 Å². The predicted octanol–water partition coefficient (Wildman–Crippen LogP) is 2.97. The van der Waals surface area contributed by atoms with E-state index in [-0.39, 0.29) is 0 Å². The first-order chi connectivity index (χ1) is 8.84. The first-order valence-electron chi connectivity index (χ1n) is 5.73. The molecule has 1 aromatic carbocycles. The summed E-state index contributed by atoms with van der Waals surface area (Å²) in [5, 5.41) is 11.4. The average Bonchev–Trinajstić information content (AvgIpc) is 2.91. The Balaban J connectivity index is 1.98. The van der Waals surface area contributed by atoms with Gasteiger partial charge in [-0.2, -0.15) is 0 Å². The monoisotopic (exact) mass is 256 g/mol. The van der Waals surface area contributed by atoms with E-state index < -0.39 is 6.10 Å². The molecule has 18 heavy (non-hydrogen) atoms. The van der Waals surface area contributed by atoms with Crippen LogP contribution in [0.1, 0.15) is 16.5 Å². The van der Waals surface area contributed by atoms with E-state index in [1.54, 1.807) is 29.2 Å². The van der Waals surface area contributed by atoms with Crippen LogP contribution in [-0.2, 0) is 6.42 Å². The first kappa shape index (κ1) is 11.3. The van der Waals surface area contributed by atoms with Gasteiger partial charge in [-0.15, -0.1) is 11.3 Å². The van der Waals surface area contributed by atoms with Gasteiger partial charge in [0, 0.05) is 34.6 Å². The highest BCUT2D eigenvalue weighted by Crippen LogP contribution is 2.25. The SMILES string of the molecule is OC(Cc1cncs1)c1cccc2cccnc12. The van der Waals surface area contributed by atoms with Gasteiger partial charge in [0.15, 0.2) is 0 Å². The normalized spacial score (nSPS) is 12.7. The molecule has 2 aromatic heterocycles. The van der Waals surface area contributed by atoms with Crippen molar-refractivity contribution in [1.82, 2.24) is 9.97 Å². The number of fused-ring (bicyclic) bond motifs is 1. The van der Waals surface area contributed by atoms with Crippen LogP contribution in [0.15, 0.2) is 48.2 Å². The fourth-order valence-electron chi connectivity index (χ4n) is 2.04. The molecule has 3 aromatic rings. The number of pyridine rings is 1. The zero-order valence-electron chi connectivity index (χ0n) is 9.65. The van der Waals surface area contributed by atoms with Gasteiger partial charge in [-0.1, -0.05) is 24.3 Å². The molecule has 1 N–H and O–H groups in total. The Hall–Kier alpha value is -1.78. The van der Waals surface area contributed by atoms with Crippen LogP contribution in [0.25, 0.3) is 10.9 Å². The van der Waals surface area contributed by atoms with E-state index in [0.717, 1.165) is 21.3 Å². The van der Waals surface area contributed by atoms with Crippen LogP contribution < -0.4 is 0 Å². The topological polar surface area (TPSA) is 46.0 Å². The molecule has 0 saturated carbocycles. The molecule has 0 aliphatic rings. The summed E-state index contributed by atoms with van der Waals surface area (Å²) in [6.45, 7) is 0. The molecule has 1 atom stereocenters. The Bertz CT molecular complexity index is 646. The summed E-state index contributed by atoms with van der Waals surface area (Å²) in [5.41, 5.74) is 3.53. The number of para-hydroxylation sites is 1. The molecule has 4 heteroatoms. The standard InChI is InChI=1S/C14H12N2OS/c17-13(7-11-8-15-9-18-11)12-5-1-3-10-4-2-6-16-14(10)12/h1-6,8-9,13,17H,7H2. The lowest BCUT2D eigenvalue weighted by Crippen LogP contribution is -2.02. The number of hydrogen-bond donors (Lipinski definition) is 1. The fourth-order valence-corrected chi connectivity index (χ4v) is 2.67. The van der Waals surface area contributed by atoms with Crippen molar-refractivity contribution in [1.29, 1.82) is 0 Å². The molecule has 90 valence electrons. The number of benzene rings is 1. The maximum absolute atomic E-state index is 10.3. The summed E-state index contributed by atoms with van der Waals surface area (Å²) in [4.78, 5) is 9.46. The molecule has 0 saturated heterocycles. The third kappa shape index (κ3) is 2.12. The van der Waals surface area contributed by atoms with E-state index >= 15 is 0 Å². The molecule has 0 bridgehead atoms. The largest absolute Gasteiger partial charge is 0.388 e. The smallest absolute Gasteiger partial charge is 0.0859 e. The molecule has 0 amide bonds. The third-order valence-corrected chi connectivity index (χ3v) is 3.70. The lowest BCUT2D eigenvalue weighted by atomic mass is 10.0. The van der Waals surface area contributed by atoms with Gasteiger partial charge < -0.3 is 5.11 Å². The molecular formula is C14H12N2OS. The van der Waals surface area contributed by atoms with Crippen molar-refractivity contribution in [2.75, 3.05) is 0 Å². The number of thiazole rings is 1. The summed E-state index contributed by atoms with van der Waals surface area (Å²) in [6, 6.07) is 9.80. The Kier molecular flexibility index (Phi) is 3.04. The Morgan fingerprint density at radius 2 is 2.11 bits per heavy atom. The van der Waals surface area contributed by atoms with Crippen molar-refractivity contribution in [2.24, 2.45) is 0 Å². The second-order valence-corrected chi connectivity index (χ2v) is 5.08. The summed E-state index contributed by atoms with van der Waals surface area (Å²) >= 11 is 1.56. The minimum Gasteiger partial charge on any atom is -0.388 e. The van der Waals surface area contributed by atoms with Crippen LogP contribution >= 0.6 is 11.3 Å². The molecule has 0 aliphatic heterocycles. The van der Waals surface area contributed by atoms with Crippen LogP contribution in [0.5, 0.6) is 0 Å². The van der Waals surface area contributed by atoms with Gasteiger partial charge in [-0.3, -0.25) is 9.97 Å². The van der Waals surface area contributed by atoms with Crippen molar-refractivity contribution < 1.29 is 5.11 Å². The predicted molar refractivity (Wildman–Crippen MR) is 72.5 cm³/mol. The highest BCUT2D eigenvalue weighted by Gasteiger charge is 2.13. The molecule has 1 unspecified atom stereocenters. The van der Waals surface area contributed by atoms with E-state index in [1.807, 2.05) is 30.3 Å². The molecular weight excluding hydrogens is 244 g/mol. The van der Waals surface area contributed by atoms with Crippen molar-refractivity contribution in [3.8, 4) is 0 Å². The number of aliphatic hydroxyl groups is 1. The Morgan fingerprint density at radius 1 is 1.22 bits per heavy atom. The van der Waals surface area contributed by atoms with Gasteiger partial charge >= 0.3 is 0 Å². The van der Waals surface area contributed by atoms with E-state index in [1.165, 1.54) is 0 Å². The maximum atomic E-state index is 10.3. The van der Waals surface area contributed by atoms with E-state index in [4.69, 9.17) is 0 Å². The minimum absolute atomic E-state index is 0.538. The summed E-state index contributed by atoms with van der Waals surface area (Å²) in [6.07, 6.45) is 3.60. The van der Waals surface area contributed by atoms with Crippen LogP contribution in [0.2, 0.25) is 0 Å². The average molecular weight is 256 g/mol. The number of nitrogens with zero attached hydrogens (tertiary/aromatic N) is 2. The highest BCUT2D eigenvalue weighted by atomic mass is 32.1. The van der Waals surface area contributed by atoms with Crippen LogP contribution in [0.3, 0.4) is 0 Å². The fraction of sp³-hybridized carbons (Fsp3) is 0.143. The number of aliphatic hydroxyl groups excluding tert-OH is 1.